The summed E-state index contributed by atoms with van der Waals surface area (Å²) < 4.78 is 0. The molecular formula is C12H18N2O. The first-order chi connectivity index (χ1) is 7.19. The van der Waals surface area contributed by atoms with Gasteiger partial charge >= 0.3 is 5.66 Å². The molecule has 82 valence electrons. The molecule has 2 aliphatic rings. The van der Waals surface area contributed by atoms with E-state index in [1.165, 1.54) is 6.42 Å². The summed E-state index contributed by atoms with van der Waals surface area (Å²) in [5.41, 5.74) is -0.529. The van der Waals surface area contributed by atoms with Gasteiger partial charge in [-0.2, -0.15) is 0 Å². The molecule has 1 N–H and O–H groups in total. The zero-order valence-corrected chi connectivity index (χ0v) is 9.25. The normalized spacial score (nSPS) is 36.8. The Morgan fingerprint density at radius 2 is 2.20 bits per heavy atom. The van der Waals surface area contributed by atoms with Gasteiger partial charge in [-0.25, -0.2) is 6.57 Å². The average molecular weight is 206 g/mol. The van der Waals surface area contributed by atoms with E-state index in [9.17, 15) is 4.79 Å². The van der Waals surface area contributed by atoms with Crippen LogP contribution in [0.5, 0.6) is 0 Å². The first-order valence-electron chi connectivity index (χ1n) is 5.89. The molecular weight excluding hydrogens is 188 g/mol. The Bertz CT molecular complexity index is 295. The lowest BCUT2D eigenvalue weighted by Crippen LogP contribution is -2.44. The third-order valence-corrected chi connectivity index (χ3v) is 3.61. The highest BCUT2D eigenvalue weighted by Crippen LogP contribution is 2.56. The van der Waals surface area contributed by atoms with E-state index in [4.69, 9.17) is 6.57 Å². The van der Waals surface area contributed by atoms with Gasteiger partial charge in [0, 0.05) is 19.3 Å². The third-order valence-electron chi connectivity index (χ3n) is 3.61. The van der Waals surface area contributed by atoms with Crippen LogP contribution in [0.1, 0.15) is 45.4 Å². The van der Waals surface area contributed by atoms with E-state index in [-0.39, 0.29) is 5.91 Å². The van der Waals surface area contributed by atoms with Crippen LogP contribution in [0.3, 0.4) is 0 Å². The molecule has 0 bridgehead atoms. The molecule has 0 aromatic carbocycles. The summed E-state index contributed by atoms with van der Waals surface area (Å²) in [6, 6.07) is 0. The summed E-state index contributed by atoms with van der Waals surface area (Å²) >= 11 is 0. The maximum Gasteiger partial charge on any atom is 0.307 e. The number of nitrogens with one attached hydrogen (secondary N) is 1. The van der Waals surface area contributed by atoms with Crippen molar-refractivity contribution in [3.05, 3.63) is 11.4 Å². The predicted molar refractivity (Wildman–Crippen MR) is 57.8 cm³/mol. The molecule has 2 saturated carbocycles. The van der Waals surface area contributed by atoms with Gasteiger partial charge in [0.2, 0.25) is 5.91 Å². The molecule has 1 amide bonds. The minimum Gasteiger partial charge on any atom is -0.287 e. The number of carbonyl (C=O) groups excluding carboxylic acids is 1. The Balaban J connectivity index is 1.86. The molecule has 0 spiro atoms. The Labute approximate surface area is 91.1 Å². The van der Waals surface area contributed by atoms with Crippen LogP contribution in [0.4, 0.5) is 0 Å². The highest BCUT2D eigenvalue weighted by molar-refractivity contribution is 5.77. The maximum atomic E-state index is 11.6. The van der Waals surface area contributed by atoms with Crippen molar-refractivity contribution < 1.29 is 4.79 Å². The lowest BCUT2D eigenvalue weighted by molar-refractivity contribution is -0.122. The monoisotopic (exact) mass is 206 g/mol. The van der Waals surface area contributed by atoms with Crippen molar-refractivity contribution in [3.63, 3.8) is 0 Å². The zero-order chi connectivity index (χ0) is 10.9. The minimum absolute atomic E-state index is 0.0640. The summed E-state index contributed by atoms with van der Waals surface area (Å²) in [6.07, 6.45) is 5.58. The van der Waals surface area contributed by atoms with E-state index in [2.05, 4.69) is 17.1 Å². The maximum absolute atomic E-state index is 11.6. The Kier molecular flexibility index (Phi) is 2.68. The zero-order valence-electron chi connectivity index (χ0n) is 9.25. The molecule has 2 atom stereocenters. The fourth-order valence-corrected chi connectivity index (χ4v) is 2.64. The third kappa shape index (κ3) is 2.14. The first kappa shape index (κ1) is 10.5. The van der Waals surface area contributed by atoms with Gasteiger partial charge in [-0.15, -0.1) is 0 Å². The molecule has 0 heterocycles. The molecule has 0 aliphatic heterocycles. The molecule has 0 saturated heterocycles. The number of rotatable bonds is 4. The van der Waals surface area contributed by atoms with Crippen LogP contribution in [0, 0.1) is 18.4 Å². The molecule has 0 aromatic heterocycles. The van der Waals surface area contributed by atoms with Crippen molar-refractivity contribution in [2.45, 2.75) is 51.1 Å². The second kappa shape index (κ2) is 3.84. The SMILES string of the molecule is [C-]#[N+]C1(NC(=O)CCCC)CC2CC2C1. The first-order valence-corrected chi connectivity index (χ1v) is 5.89. The Morgan fingerprint density at radius 3 is 2.73 bits per heavy atom. The highest BCUT2D eigenvalue weighted by Gasteiger charge is 2.59. The summed E-state index contributed by atoms with van der Waals surface area (Å²) in [5.74, 6) is 1.52. The van der Waals surface area contributed by atoms with Crippen LogP contribution in [0.25, 0.3) is 4.85 Å². The molecule has 2 aliphatic carbocycles. The van der Waals surface area contributed by atoms with Gasteiger partial charge < -0.3 is 0 Å². The van der Waals surface area contributed by atoms with Crippen molar-refractivity contribution >= 4 is 5.91 Å². The molecule has 0 aromatic rings. The van der Waals surface area contributed by atoms with E-state index in [0.717, 1.165) is 37.5 Å². The number of hydrogen-bond acceptors (Lipinski definition) is 1. The molecule has 15 heavy (non-hydrogen) atoms. The van der Waals surface area contributed by atoms with Gasteiger partial charge in [0.25, 0.3) is 0 Å². The number of fused-ring (bicyclic) bond motifs is 1. The second-order valence-electron chi connectivity index (χ2n) is 4.96. The molecule has 2 unspecified atom stereocenters. The van der Waals surface area contributed by atoms with Crippen LogP contribution in [-0.2, 0) is 4.79 Å². The van der Waals surface area contributed by atoms with E-state index < -0.39 is 5.66 Å². The molecule has 3 nitrogen and oxygen atoms in total. The Hall–Kier alpha value is -1.04. The Morgan fingerprint density at radius 1 is 1.53 bits per heavy atom. The van der Waals surface area contributed by atoms with Gasteiger partial charge in [-0.05, 0) is 24.7 Å². The topological polar surface area (TPSA) is 33.5 Å². The fraction of sp³-hybridized carbons (Fsp3) is 0.833. The van der Waals surface area contributed by atoms with Crippen LogP contribution < -0.4 is 5.32 Å². The number of carbonyl (C=O) groups is 1. The number of hydrogen-bond donors (Lipinski definition) is 1. The van der Waals surface area contributed by atoms with Gasteiger partial charge in [0.05, 0.1) is 0 Å². The molecule has 3 heteroatoms. The standard InChI is InChI=1S/C12H18N2O/c1-3-4-5-11(15)14-12(13-2)7-9-6-10(9)8-12/h9-10H,3-8H2,1H3,(H,14,15). The highest BCUT2D eigenvalue weighted by atomic mass is 16.1. The summed E-state index contributed by atoms with van der Waals surface area (Å²) in [7, 11) is 0. The average Bonchev–Trinajstić information content (AvgIpc) is 2.84. The van der Waals surface area contributed by atoms with E-state index in [1.54, 1.807) is 0 Å². The molecule has 2 rings (SSSR count). The number of unbranched alkanes of at least 4 members (excludes halogenated alkanes) is 1. The van der Waals surface area contributed by atoms with Gasteiger partial charge in [-0.1, -0.05) is 13.3 Å². The summed E-state index contributed by atoms with van der Waals surface area (Å²) in [5, 5.41) is 2.94. The minimum atomic E-state index is -0.529. The lowest BCUT2D eigenvalue weighted by Gasteiger charge is -2.19. The van der Waals surface area contributed by atoms with Gasteiger partial charge in [0.15, 0.2) is 0 Å². The summed E-state index contributed by atoms with van der Waals surface area (Å²) in [4.78, 5) is 15.3. The van der Waals surface area contributed by atoms with Gasteiger partial charge in [-0.3, -0.25) is 15.0 Å². The van der Waals surface area contributed by atoms with Crippen molar-refractivity contribution in [1.29, 1.82) is 0 Å². The van der Waals surface area contributed by atoms with Crippen LogP contribution in [0.15, 0.2) is 0 Å². The van der Waals surface area contributed by atoms with Crippen LogP contribution in [0.2, 0.25) is 0 Å². The van der Waals surface area contributed by atoms with E-state index in [1.807, 2.05) is 0 Å². The predicted octanol–water partition coefficient (Wildman–Crippen LogP) is 2.34. The lowest BCUT2D eigenvalue weighted by atomic mass is 10.0. The number of nitrogens with zero attached hydrogens (tertiary/aromatic N) is 1. The summed E-state index contributed by atoms with van der Waals surface area (Å²) in [6.45, 7) is 9.31. The van der Waals surface area contributed by atoms with Gasteiger partial charge in [0.1, 0.15) is 0 Å². The van der Waals surface area contributed by atoms with Crippen molar-refractivity contribution in [3.8, 4) is 0 Å². The molecule has 2 fully saturated rings. The largest absolute Gasteiger partial charge is 0.307 e. The number of amides is 1. The second-order valence-corrected chi connectivity index (χ2v) is 4.96. The van der Waals surface area contributed by atoms with Crippen molar-refractivity contribution in [1.82, 2.24) is 5.32 Å². The van der Waals surface area contributed by atoms with Crippen LogP contribution in [-0.4, -0.2) is 11.6 Å². The van der Waals surface area contributed by atoms with E-state index >= 15 is 0 Å². The van der Waals surface area contributed by atoms with Crippen molar-refractivity contribution in [2.75, 3.05) is 0 Å². The molecule has 0 radical (unpaired) electrons. The quantitative estimate of drug-likeness (QED) is 0.704. The van der Waals surface area contributed by atoms with Crippen molar-refractivity contribution in [2.24, 2.45) is 11.8 Å². The fourth-order valence-electron chi connectivity index (χ4n) is 2.64. The van der Waals surface area contributed by atoms with Crippen LogP contribution >= 0.6 is 0 Å². The smallest absolute Gasteiger partial charge is 0.287 e. The van der Waals surface area contributed by atoms with E-state index in [0.29, 0.717) is 6.42 Å².